The number of unbranched alkanes of at least 4 members (excludes halogenated alkanes) is 5. The van der Waals surface area contributed by atoms with Gasteiger partial charge < -0.3 is 25.2 Å². The van der Waals surface area contributed by atoms with E-state index in [0.29, 0.717) is 12.8 Å². The molecule has 0 aliphatic carbocycles. The minimum absolute atomic E-state index is 0.109. The summed E-state index contributed by atoms with van der Waals surface area (Å²) in [6, 6.07) is -1.56. The van der Waals surface area contributed by atoms with Crippen molar-refractivity contribution in [3.63, 3.8) is 0 Å². The maximum Gasteiger partial charge on any atom is 0.472 e. The molecule has 0 bridgehead atoms. The number of aliphatic hydroxyl groups is 1. The highest BCUT2D eigenvalue weighted by Crippen LogP contribution is 2.43. The van der Waals surface area contributed by atoms with E-state index in [9.17, 15) is 34.1 Å². The SMILES string of the molecule is CC/C=C\C/C=C\C/C=C\CCCCCC(=O)NC(COP(=O)(O)OCC(O)COC(=O)CCCCC)C(=O)O. The number of phosphoric acid groups is 1. The highest BCUT2D eigenvalue weighted by molar-refractivity contribution is 7.47. The Bertz CT molecular complexity index is 843. The summed E-state index contributed by atoms with van der Waals surface area (Å²) in [5.41, 5.74) is 0. The van der Waals surface area contributed by atoms with Crippen LogP contribution < -0.4 is 5.32 Å². The number of aliphatic hydroxyl groups excluding tert-OH is 1. The number of carboxylic acids is 1. The lowest BCUT2D eigenvalue weighted by Crippen LogP contribution is -2.43. The Morgan fingerprint density at radius 2 is 1.45 bits per heavy atom. The number of aliphatic carboxylic acids is 1. The molecule has 0 aromatic heterocycles. The van der Waals surface area contributed by atoms with Crippen LogP contribution in [-0.4, -0.2) is 64.9 Å². The third-order valence-electron chi connectivity index (χ3n) is 5.44. The van der Waals surface area contributed by atoms with E-state index in [4.69, 9.17) is 4.74 Å². The maximum atomic E-state index is 12.1. The first-order valence-corrected chi connectivity index (χ1v) is 15.5. The van der Waals surface area contributed by atoms with Gasteiger partial charge in [0, 0.05) is 12.8 Å². The van der Waals surface area contributed by atoms with Crippen molar-refractivity contribution >= 4 is 25.7 Å². The predicted octanol–water partition coefficient (Wildman–Crippen LogP) is 4.98. The zero-order valence-electron chi connectivity index (χ0n) is 23.9. The van der Waals surface area contributed by atoms with E-state index in [1.807, 2.05) is 6.92 Å². The molecule has 0 saturated carbocycles. The number of carbonyl (C=O) groups excluding carboxylic acids is 2. The van der Waals surface area contributed by atoms with Crippen molar-refractivity contribution in [2.45, 2.75) is 103 Å². The Morgan fingerprint density at radius 1 is 0.825 bits per heavy atom. The standard InChI is InChI=1S/C28H48NO10P/c1-3-5-7-8-9-10-11-12-13-14-15-16-18-19-26(31)29-25(28(33)34)23-39-40(35,36)38-22-24(30)21-37-27(32)20-17-6-4-2/h5,7,9-10,12-13,24-25,30H,3-4,6,8,11,14-23H2,1-2H3,(H,29,31)(H,33,34)(H,35,36)/b7-5-,10-9-,13-12-. The number of ether oxygens (including phenoxy) is 1. The normalized spacial score (nSPS) is 14.9. The number of amides is 1. The van der Waals surface area contributed by atoms with Crippen LogP contribution in [0.3, 0.4) is 0 Å². The molecule has 12 heteroatoms. The molecule has 230 valence electrons. The second-order valence-electron chi connectivity index (χ2n) is 9.21. The number of hydrogen-bond acceptors (Lipinski definition) is 8. The second kappa shape index (κ2) is 24.5. The fourth-order valence-electron chi connectivity index (χ4n) is 3.21. The van der Waals surface area contributed by atoms with Gasteiger partial charge in [-0.15, -0.1) is 0 Å². The van der Waals surface area contributed by atoms with Gasteiger partial charge in [-0.25, -0.2) is 9.36 Å². The Labute approximate surface area is 238 Å². The van der Waals surface area contributed by atoms with Crippen LogP contribution in [0.4, 0.5) is 0 Å². The second-order valence-corrected chi connectivity index (χ2v) is 10.7. The minimum Gasteiger partial charge on any atom is -0.480 e. The first kappa shape index (κ1) is 37.7. The molecule has 0 saturated heterocycles. The van der Waals surface area contributed by atoms with Gasteiger partial charge in [0.2, 0.25) is 5.91 Å². The van der Waals surface area contributed by atoms with Crippen LogP contribution in [-0.2, 0) is 32.7 Å². The smallest absolute Gasteiger partial charge is 0.472 e. The molecule has 1 amide bonds. The summed E-state index contributed by atoms with van der Waals surface area (Å²) in [5.74, 6) is -2.45. The van der Waals surface area contributed by atoms with Gasteiger partial charge in [0.15, 0.2) is 6.04 Å². The zero-order chi connectivity index (χ0) is 30.1. The van der Waals surface area contributed by atoms with Crippen molar-refractivity contribution in [3.8, 4) is 0 Å². The summed E-state index contributed by atoms with van der Waals surface area (Å²) in [6.07, 6.45) is 20.1. The number of allylic oxidation sites excluding steroid dienone is 6. The molecule has 0 fully saturated rings. The fourth-order valence-corrected chi connectivity index (χ4v) is 3.98. The lowest BCUT2D eigenvalue weighted by Gasteiger charge is -2.18. The molecule has 0 aliphatic rings. The summed E-state index contributed by atoms with van der Waals surface area (Å²) in [6.45, 7) is 2.17. The maximum absolute atomic E-state index is 12.1. The van der Waals surface area contributed by atoms with Gasteiger partial charge in [-0.2, -0.15) is 0 Å². The number of hydrogen-bond donors (Lipinski definition) is 4. The fraction of sp³-hybridized carbons (Fsp3) is 0.679. The number of carboxylic acid groups (broad SMARTS) is 1. The molecule has 40 heavy (non-hydrogen) atoms. The quantitative estimate of drug-likeness (QED) is 0.0493. The average Bonchev–Trinajstić information content (AvgIpc) is 2.91. The van der Waals surface area contributed by atoms with Gasteiger partial charge in [0.1, 0.15) is 12.7 Å². The van der Waals surface area contributed by atoms with Crippen molar-refractivity contribution < 1.29 is 47.8 Å². The first-order chi connectivity index (χ1) is 19.1. The molecule has 0 aromatic rings. The predicted molar refractivity (Wildman–Crippen MR) is 152 cm³/mol. The highest BCUT2D eigenvalue weighted by Gasteiger charge is 2.28. The minimum atomic E-state index is -4.73. The molecule has 4 N–H and O–H groups in total. The number of phosphoric ester groups is 1. The van der Waals surface area contributed by atoms with Crippen molar-refractivity contribution in [2.24, 2.45) is 0 Å². The number of rotatable bonds is 25. The molecule has 0 rings (SSSR count). The van der Waals surface area contributed by atoms with E-state index in [0.717, 1.165) is 51.4 Å². The summed E-state index contributed by atoms with van der Waals surface area (Å²) in [5, 5.41) is 21.4. The van der Waals surface area contributed by atoms with Crippen molar-refractivity contribution in [1.82, 2.24) is 5.32 Å². The largest absolute Gasteiger partial charge is 0.480 e. The van der Waals surface area contributed by atoms with Crippen molar-refractivity contribution in [3.05, 3.63) is 36.5 Å². The van der Waals surface area contributed by atoms with E-state index in [2.05, 4.69) is 57.7 Å². The zero-order valence-corrected chi connectivity index (χ0v) is 24.8. The molecule has 3 atom stereocenters. The lowest BCUT2D eigenvalue weighted by atomic mass is 10.1. The van der Waals surface area contributed by atoms with E-state index in [-0.39, 0.29) is 12.8 Å². The van der Waals surface area contributed by atoms with Crippen LogP contribution in [0.25, 0.3) is 0 Å². The third kappa shape index (κ3) is 23.6. The Hall–Kier alpha value is -2.30. The molecule has 3 unspecified atom stereocenters. The lowest BCUT2D eigenvalue weighted by molar-refractivity contribution is -0.147. The van der Waals surface area contributed by atoms with Crippen LogP contribution >= 0.6 is 7.82 Å². The summed E-state index contributed by atoms with van der Waals surface area (Å²) >= 11 is 0. The van der Waals surface area contributed by atoms with Crippen LogP contribution in [0.15, 0.2) is 36.5 Å². The molecule has 0 radical (unpaired) electrons. The first-order valence-electron chi connectivity index (χ1n) is 14.0. The van der Waals surface area contributed by atoms with Gasteiger partial charge in [-0.1, -0.05) is 69.6 Å². The van der Waals surface area contributed by atoms with Gasteiger partial charge >= 0.3 is 19.8 Å². The summed E-state index contributed by atoms with van der Waals surface area (Å²) in [4.78, 5) is 44.9. The molecule has 0 heterocycles. The number of carbonyl (C=O) groups is 3. The molecule has 0 aromatic carbocycles. The van der Waals surface area contributed by atoms with E-state index >= 15 is 0 Å². The van der Waals surface area contributed by atoms with Crippen LogP contribution in [0, 0.1) is 0 Å². The van der Waals surface area contributed by atoms with Crippen LogP contribution in [0.2, 0.25) is 0 Å². The van der Waals surface area contributed by atoms with Crippen molar-refractivity contribution in [1.29, 1.82) is 0 Å². The summed E-state index contributed by atoms with van der Waals surface area (Å²) in [7, 11) is -4.73. The van der Waals surface area contributed by atoms with Gasteiger partial charge in [0.25, 0.3) is 0 Å². The van der Waals surface area contributed by atoms with Gasteiger partial charge in [0.05, 0.1) is 13.2 Å². The molecule has 0 aliphatic heterocycles. The molecule has 11 nitrogen and oxygen atoms in total. The number of nitrogens with one attached hydrogen (secondary N) is 1. The molecular weight excluding hydrogens is 541 g/mol. The summed E-state index contributed by atoms with van der Waals surface area (Å²) < 4.78 is 26.2. The van der Waals surface area contributed by atoms with E-state index in [1.165, 1.54) is 0 Å². The Balaban J connectivity index is 4.16. The van der Waals surface area contributed by atoms with Gasteiger partial charge in [-0.3, -0.25) is 18.6 Å². The van der Waals surface area contributed by atoms with Crippen molar-refractivity contribution in [2.75, 3.05) is 19.8 Å². The van der Waals surface area contributed by atoms with E-state index < -0.39 is 57.6 Å². The van der Waals surface area contributed by atoms with Crippen LogP contribution in [0.5, 0.6) is 0 Å². The van der Waals surface area contributed by atoms with Crippen LogP contribution in [0.1, 0.15) is 90.9 Å². The Morgan fingerprint density at radius 3 is 2.10 bits per heavy atom. The molecule has 0 spiro atoms. The molecular formula is C28H48NO10P. The van der Waals surface area contributed by atoms with Gasteiger partial charge in [-0.05, 0) is 44.9 Å². The van der Waals surface area contributed by atoms with E-state index in [1.54, 1.807) is 0 Å². The average molecular weight is 590 g/mol. The third-order valence-corrected chi connectivity index (χ3v) is 6.39. The topological polar surface area (TPSA) is 169 Å². The Kier molecular flexibility index (Phi) is 23.1. The monoisotopic (exact) mass is 589 g/mol. The highest BCUT2D eigenvalue weighted by atomic mass is 31.2. The number of esters is 1.